The van der Waals surface area contributed by atoms with Crippen molar-refractivity contribution in [3.8, 4) is 0 Å². The summed E-state index contributed by atoms with van der Waals surface area (Å²) in [5.41, 5.74) is 5.92. The van der Waals surface area contributed by atoms with Gasteiger partial charge in [0.25, 0.3) is 0 Å². The summed E-state index contributed by atoms with van der Waals surface area (Å²) in [5, 5.41) is 7.38. The van der Waals surface area contributed by atoms with Crippen molar-refractivity contribution in [2.24, 2.45) is 5.10 Å². The third-order valence-corrected chi connectivity index (χ3v) is 5.48. The zero-order chi connectivity index (χ0) is 19.5. The Kier molecular flexibility index (Phi) is 4.67. The Morgan fingerprint density at radius 1 is 0.517 bits per heavy atom. The minimum atomic E-state index is 0.0937. The molecule has 0 amide bonds. The molecule has 0 radical (unpaired) electrons. The number of hydrazone groups is 1. The third kappa shape index (κ3) is 3.34. The number of anilines is 1. The van der Waals surface area contributed by atoms with Gasteiger partial charge < -0.3 is 0 Å². The van der Waals surface area contributed by atoms with Crippen LogP contribution in [0.1, 0.15) is 28.7 Å². The summed E-state index contributed by atoms with van der Waals surface area (Å²) in [4.78, 5) is 0. The summed E-state index contributed by atoms with van der Waals surface area (Å²) in [6.07, 6.45) is 0. The highest BCUT2D eigenvalue weighted by molar-refractivity contribution is 6.08. The number of rotatable bonds is 4. The van der Waals surface area contributed by atoms with E-state index in [0.717, 1.165) is 11.4 Å². The van der Waals surface area contributed by atoms with Crippen molar-refractivity contribution < 1.29 is 0 Å². The second kappa shape index (κ2) is 7.76. The average molecular weight is 374 g/mol. The van der Waals surface area contributed by atoms with Crippen LogP contribution >= 0.6 is 0 Å². The van der Waals surface area contributed by atoms with Gasteiger partial charge in [0.1, 0.15) is 0 Å². The molecule has 0 aliphatic carbocycles. The monoisotopic (exact) mass is 374 g/mol. The molecule has 4 aromatic carbocycles. The van der Waals surface area contributed by atoms with Crippen LogP contribution in [0.2, 0.25) is 0 Å². The van der Waals surface area contributed by atoms with Crippen molar-refractivity contribution >= 4 is 11.4 Å². The third-order valence-electron chi connectivity index (χ3n) is 5.48. The van der Waals surface area contributed by atoms with E-state index in [9.17, 15) is 0 Å². The molecule has 4 aromatic rings. The van der Waals surface area contributed by atoms with E-state index in [-0.39, 0.29) is 12.0 Å². The van der Waals surface area contributed by atoms with Gasteiger partial charge in [-0.25, -0.2) is 0 Å². The summed E-state index contributed by atoms with van der Waals surface area (Å²) < 4.78 is 0. The van der Waals surface area contributed by atoms with Crippen LogP contribution in [0, 0.1) is 0 Å². The molecule has 0 fully saturated rings. The summed E-state index contributed by atoms with van der Waals surface area (Å²) in [5.74, 6) is 0.140. The van der Waals surface area contributed by atoms with E-state index in [4.69, 9.17) is 5.10 Å². The fraction of sp³-hybridized carbons (Fsp3) is 0.0741. The highest BCUT2D eigenvalue weighted by Crippen LogP contribution is 2.45. The Morgan fingerprint density at radius 3 is 1.59 bits per heavy atom. The molecule has 140 valence electrons. The summed E-state index contributed by atoms with van der Waals surface area (Å²) in [7, 11) is 0. The molecule has 1 aliphatic heterocycles. The Morgan fingerprint density at radius 2 is 1.00 bits per heavy atom. The number of para-hydroxylation sites is 1. The minimum Gasteiger partial charge on any atom is -0.257 e. The molecule has 0 saturated carbocycles. The summed E-state index contributed by atoms with van der Waals surface area (Å²) in [6.45, 7) is 0. The van der Waals surface area contributed by atoms with Crippen molar-refractivity contribution in [1.29, 1.82) is 0 Å². The number of hydrogen-bond donors (Lipinski definition) is 0. The fourth-order valence-corrected chi connectivity index (χ4v) is 4.16. The van der Waals surface area contributed by atoms with E-state index in [2.05, 4.69) is 120 Å². The lowest BCUT2D eigenvalue weighted by Crippen LogP contribution is -2.24. The molecule has 1 aliphatic rings. The Balaban J connectivity index is 1.72. The highest BCUT2D eigenvalue weighted by atomic mass is 15.5. The Bertz CT molecular complexity index is 1090. The molecule has 2 nitrogen and oxygen atoms in total. The zero-order valence-electron chi connectivity index (χ0n) is 16.1. The second-order valence-electron chi connectivity index (χ2n) is 7.28. The maximum absolute atomic E-state index is 5.19. The van der Waals surface area contributed by atoms with Crippen molar-refractivity contribution in [1.82, 2.24) is 0 Å². The van der Waals surface area contributed by atoms with Crippen LogP contribution in [0.5, 0.6) is 0 Å². The van der Waals surface area contributed by atoms with Crippen LogP contribution in [0.4, 0.5) is 5.69 Å². The minimum absolute atomic E-state index is 0.0937. The van der Waals surface area contributed by atoms with Crippen LogP contribution in [0.25, 0.3) is 0 Å². The molecule has 0 N–H and O–H groups in total. The van der Waals surface area contributed by atoms with Crippen molar-refractivity contribution in [2.45, 2.75) is 12.0 Å². The number of nitrogens with zero attached hydrogens (tertiary/aromatic N) is 2. The van der Waals surface area contributed by atoms with E-state index >= 15 is 0 Å². The van der Waals surface area contributed by atoms with Gasteiger partial charge in [-0.15, -0.1) is 0 Å². The van der Waals surface area contributed by atoms with Crippen LogP contribution in [-0.2, 0) is 0 Å². The van der Waals surface area contributed by atoms with E-state index in [0.29, 0.717) is 0 Å². The lowest BCUT2D eigenvalue weighted by Gasteiger charge is -2.29. The van der Waals surface area contributed by atoms with Gasteiger partial charge in [-0.1, -0.05) is 109 Å². The normalized spacial score (nSPS) is 18.5. The molecule has 2 atom stereocenters. The molecule has 5 rings (SSSR count). The molecule has 0 spiro atoms. The van der Waals surface area contributed by atoms with E-state index in [1.165, 1.54) is 16.7 Å². The summed E-state index contributed by atoms with van der Waals surface area (Å²) >= 11 is 0. The van der Waals surface area contributed by atoms with Gasteiger partial charge in [0.15, 0.2) is 0 Å². The topological polar surface area (TPSA) is 15.6 Å². The Hall–Kier alpha value is -3.65. The molecule has 29 heavy (non-hydrogen) atoms. The maximum Gasteiger partial charge on any atom is 0.0900 e. The lowest BCUT2D eigenvalue weighted by molar-refractivity contribution is 0.648. The van der Waals surface area contributed by atoms with Crippen molar-refractivity contribution in [3.05, 3.63) is 138 Å². The first-order chi connectivity index (χ1) is 14.4. The quantitative estimate of drug-likeness (QED) is 0.401. The fourth-order valence-electron chi connectivity index (χ4n) is 4.16. The first-order valence-corrected chi connectivity index (χ1v) is 10.00. The molecule has 0 saturated heterocycles. The first kappa shape index (κ1) is 17.4. The number of hydrogen-bond acceptors (Lipinski definition) is 2. The van der Waals surface area contributed by atoms with E-state index in [1.807, 2.05) is 6.07 Å². The molecule has 2 heteroatoms. The van der Waals surface area contributed by atoms with E-state index in [1.54, 1.807) is 0 Å². The SMILES string of the molecule is c1ccc(C2=NN(c3ccccc3)[C@@H](c3ccccc3)[C@H]2c2ccccc2)cc1. The largest absolute Gasteiger partial charge is 0.257 e. The van der Waals surface area contributed by atoms with Gasteiger partial charge in [-0.2, -0.15) is 5.10 Å². The van der Waals surface area contributed by atoms with E-state index < -0.39 is 0 Å². The van der Waals surface area contributed by atoms with Crippen LogP contribution in [0.3, 0.4) is 0 Å². The van der Waals surface area contributed by atoms with Gasteiger partial charge in [-0.3, -0.25) is 5.01 Å². The Labute approximate surface area is 171 Å². The smallest absolute Gasteiger partial charge is 0.0900 e. The molecule has 0 aromatic heterocycles. The van der Waals surface area contributed by atoms with Crippen molar-refractivity contribution in [3.63, 3.8) is 0 Å². The molecular weight excluding hydrogens is 352 g/mol. The molecule has 0 bridgehead atoms. The predicted molar refractivity (Wildman–Crippen MR) is 120 cm³/mol. The molecule has 0 unspecified atom stereocenters. The standard InChI is InChI=1S/C27H22N2/c1-5-13-21(14-6-1)25-26(22-15-7-2-8-16-22)28-29(24-19-11-4-12-20-24)27(25)23-17-9-3-10-18-23/h1-20,25,27H/t25-,27-/m0/s1. The average Bonchev–Trinajstić information content (AvgIpc) is 3.22. The van der Waals surface area contributed by atoms with Crippen LogP contribution in [0.15, 0.2) is 126 Å². The van der Waals surface area contributed by atoms with Gasteiger partial charge in [0.05, 0.1) is 23.4 Å². The van der Waals surface area contributed by atoms with Crippen molar-refractivity contribution in [2.75, 3.05) is 5.01 Å². The lowest BCUT2D eigenvalue weighted by atomic mass is 9.82. The van der Waals surface area contributed by atoms with Gasteiger partial charge in [-0.05, 0) is 28.8 Å². The maximum atomic E-state index is 5.19. The molecule has 1 heterocycles. The van der Waals surface area contributed by atoms with Gasteiger partial charge in [0.2, 0.25) is 0 Å². The molecular formula is C27H22N2. The summed E-state index contributed by atoms with van der Waals surface area (Å²) in [6, 6.07) is 42.6. The predicted octanol–water partition coefficient (Wildman–Crippen LogP) is 6.44. The van der Waals surface area contributed by atoms with Gasteiger partial charge in [0, 0.05) is 0 Å². The zero-order valence-corrected chi connectivity index (χ0v) is 16.1. The van der Waals surface area contributed by atoms with Gasteiger partial charge >= 0.3 is 0 Å². The highest BCUT2D eigenvalue weighted by Gasteiger charge is 2.40. The van der Waals surface area contributed by atoms with Crippen LogP contribution < -0.4 is 5.01 Å². The second-order valence-corrected chi connectivity index (χ2v) is 7.28. The van der Waals surface area contributed by atoms with Crippen LogP contribution in [-0.4, -0.2) is 5.71 Å². The first-order valence-electron chi connectivity index (χ1n) is 10.00. The number of benzene rings is 4.